The maximum Gasteiger partial charge on any atom is 0.338 e. The topological polar surface area (TPSA) is 44.1 Å². The molecule has 1 aromatic carbocycles. The molecule has 1 aliphatic rings. The van der Waals surface area contributed by atoms with Crippen LogP contribution in [0.4, 0.5) is 4.39 Å². The Morgan fingerprint density at radius 1 is 1.50 bits per heavy atom. The highest BCUT2D eigenvalue weighted by molar-refractivity contribution is 5.93. The summed E-state index contributed by atoms with van der Waals surface area (Å²) in [6.45, 7) is 2.44. The van der Waals surface area contributed by atoms with Crippen LogP contribution in [-0.2, 0) is 11.3 Å². The lowest BCUT2D eigenvalue weighted by Crippen LogP contribution is -2.13. The van der Waals surface area contributed by atoms with Crippen molar-refractivity contribution in [3.05, 3.63) is 30.1 Å². The number of hydrogen-bond acceptors (Lipinski definition) is 3. The van der Waals surface area contributed by atoms with Gasteiger partial charge in [-0.15, -0.1) is 0 Å². The fraction of sp³-hybridized carbons (Fsp3) is 0.467. The monoisotopic (exact) mass is 276 g/mol. The number of ether oxygens (including phenoxy) is 1. The number of carbonyl (C=O) groups is 1. The average Bonchev–Trinajstić information content (AvgIpc) is 3.13. The van der Waals surface area contributed by atoms with Gasteiger partial charge in [0.25, 0.3) is 0 Å². The van der Waals surface area contributed by atoms with Gasteiger partial charge in [0.15, 0.2) is 0 Å². The SMILES string of the molecule is CCOC(=O)c1ccc2ncn(CC3(CF)CC3)c2c1. The number of nitrogens with zero attached hydrogens (tertiary/aromatic N) is 2. The second-order valence-electron chi connectivity index (χ2n) is 5.43. The summed E-state index contributed by atoms with van der Waals surface area (Å²) in [4.78, 5) is 16.1. The van der Waals surface area contributed by atoms with E-state index in [9.17, 15) is 9.18 Å². The molecule has 20 heavy (non-hydrogen) atoms. The molecule has 0 amide bonds. The van der Waals surface area contributed by atoms with Gasteiger partial charge in [-0.1, -0.05) is 0 Å². The molecule has 3 rings (SSSR count). The summed E-state index contributed by atoms with van der Waals surface area (Å²) in [6, 6.07) is 5.28. The van der Waals surface area contributed by atoms with Crippen LogP contribution in [0.25, 0.3) is 11.0 Å². The number of aromatic nitrogens is 2. The number of fused-ring (bicyclic) bond motifs is 1. The highest BCUT2D eigenvalue weighted by atomic mass is 19.1. The average molecular weight is 276 g/mol. The van der Waals surface area contributed by atoms with Crippen molar-refractivity contribution in [2.75, 3.05) is 13.3 Å². The van der Waals surface area contributed by atoms with Crippen molar-refractivity contribution >= 4 is 17.0 Å². The van der Waals surface area contributed by atoms with Crippen molar-refractivity contribution in [2.24, 2.45) is 5.41 Å². The van der Waals surface area contributed by atoms with Gasteiger partial charge >= 0.3 is 5.97 Å². The summed E-state index contributed by atoms with van der Waals surface area (Å²) < 4.78 is 20.0. The largest absolute Gasteiger partial charge is 0.462 e. The zero-order valence-corrected chi connectivity index (χ0v) is 11.4. The Hall–Kier alpha value is -1.91. The van der Waals surface area contributed by atoms with Gasteiger partial charge in [0.05, 0.1) is 36.2 Å². The molecule has 1 fully saturated rings. The van der Waals surface area contributed by atoms with Crippen LogP contribution in [0.3, 0.4) is 0 Å². The van der Waals surface area contributed by atoms with Crippen LogP contribution in [-0.4, -0.2) is 28.8 Å². The highest BCUT2D eigenvalue weighted by Gasteiger charge is 2.43. The normalized spacial score (nSPS) is 16.3. The molecule has 0 spiro atoms. The summed E-state index contributed by atoms with van der Waals surface area (Å²) in [6.07, 6.45) is 3.55. The third-order valence-corrected chi connectivity index (χ3v) is 3.88. The van der Waals surface area contributed by atoms with Crippen LogP contribution < -0.4 is 0 Å². The number of rotatable bonds is 5. The smallest absolute Gasteiger partial charge is 0.338 e. The summed E-state index contributed by atoms with van der Waals surface area (Å²) in [5.74, 6) is -0.339. The highest BCUT2D eigenvalue weighted by Crippen LogP contribution is 2.47. The molecule has 4 nitrogen and oxygen atoms in total. The number of esters is 1. The molecule has 0 radical (unpaired) electrons. The van der Waals surface area contributed by atoms with Crippen molar-refractivity contribution in [1.29, 1.82) is 0 Å². The first-order chi connectivity index (χ1) is 9.67. The van der Waals surface area contributed by atoms with E-state index < -0.39 is 0 Å². The molecular formula is C15H17FN2O2. The first kappa shape index (κ1) is 13.1. The molecule has 1 aromatic heterocycles. The van der Waals surface area contributed by atoms with Gasteiger partial charge in [0.1, 0.15) is 0 Å². The van der Waals surface area contributed by atoms with E-state index in [1.54, 1.807) is 31.5 Å². The Kier molecular flexibility index (Phi) is 3.20. The van der Waals surface area contributed by atoms with Crippen LogP contribution in [0.1, 0.15) is 30.1 Å². The van der Waals surface area contributed by atoms with Gasteiger partial charge in [-0.3, -0.25) is 4.39 Å². The van der Waals surface area contributed by atoms with E-state index in [1.165, 1.54) is 0 Å². The maximum atomic E-state index is 13.0. The van der Waals surface area contributed by atoms with Crippen LogP contribution in [0.2, 0.25) is 0 Å². The second kappa shape index (κ2) is 4.89. The van der Waals surface area contributed by atoms with Crippen LogP contribution in [0, 0.1) is 5.41 Å². The predicted octanol–water partition coefficient (Wildman–Crippen LogP) is 2.96. The van der Waals surface area contributed by atoms with Crippen LogP contribution >= 0.6 is 0 Å². The summed E-state index contributed by atoms with van der Waals surface area (Å²) in [7, 11) is 0. The molecule has 1 heterocycles. The van der Waals surface area contributed by atoms with Gasteiger partial charge in [-0.05, 0) is 38.0 Å². The minimum Gasteiger partial charge on any atom is -0.462 e. The Balaban J connectivity index is 1.93. The van der Waals surface area contributed by atoms with Gasteiger partial charge in [-0.25, -0.2) is 9.78 Å². The molecule has 0 saturated heterocycles. The summed E-state index contributed by atoms with van der Waals surface area (Å²) >= 11 is 0. The van der Waals surface area contributed by atoms with Crippen molar-refractivity contribution in [3.8, 4) is 0 Å². The van der Waals surface area contributed by atoms with Crippen molar-refractivity contribution in [2.45, 2.75) is 26.3 Å². The molecule has 5 heteroatoms. The van der Waals surface area contributed by atoms with E-state index in [-0.39, 0.29) is 18.1 Å². The number of imidazole rings is 1. The number of alkyl halides is 1. The third-order valence-electron chi connectivity index (χ3n) is 3.88. The first-order valence-corrected chi connectivity index (χ1v) is 6.85. The number of carbonyl (C=O) groups excluding carboxylic acids is 1. The lowest BCUT2D eigenvalue weighted by atomic mass is 10.1. The molecular weight excluding hydrogens is 259 g/mol. The number of benzene rings is 1. The minimum absolute atomic E-state index is 0.215. The Morgan fingerprint density at radius 3 is 2.95 bits per heavy atom. The molecule has 2 aromatic rings. The van der Waals surface area contributed by atoms with E-state index in [0.717, 1.165) is 23.9 Å². The Labute approximate surface area is 116 Å². The number of halogens is 1. The van der Waals surface area contributed by atoms with Crippen molar-refractivity contribution in [3.63, 3.8) is 0 Å². The molecule has 0 atom stereocenters. The lowest BCUT2D eigenvalue weighted by molar-refractivity contribution is 0.0526. The van der Waals surface area contributed by atoms with Gasteiger partial charge in [0, 0.05) is 12.0 Å². The van der Waals surface area contributed by atoms with E-state index in [2.05, 4.69) is 4.98 Å². The molecule has 0 unspecified atom stereocenters. The number of hydrogen-bond donors (Lipinski definition) is 0. The molecule has 0 aliphatic heterocycles. The predicted molar refractivity (Wildman–Crippen MR) is 73.3 cm³/mol. The fourth-order valence-corrected chi connectivity index (χ4v) is 2.40. The Morgan fingerprint density at radius 2 is 2.30 bits per heavy atom. The molecule has 0 bridgehead atoms. The first-order valence-electron chi connectivity index (χ1n) is 6.85. The van der Waals surface area contributed by atoms with Crippen LogP contribution in [0.5, 0.6) is 0 Å². The zero-order valence-electron chi connectivity index (χ0n) is 11.4. The molecule has 0 N–H and O–H groups in total. The molecule has 1 aliphatic carbocycles. The molecule has 1 saturated carbocycles. The van der Waals surface area contributed by atoms with E-state index in [4.69, 9.17) is 4.74 Å². The standard InChI is InChI=1S/C15H17FN2O2/c1-2-20-14(19)11-3-4-12-13(7-11)18(10-17-12)9-15(8-16)5-6-15/h3-4,7,10H,2,5-6,8-9H2,1H3. The minimum atomic E-state index is -0.339. The summed E-state index contributed by atoms with van der Waals surface area (Å²) in [5, 5.41) is 0. The van der Waals surface area contributed by atoms with Crippen LogP contribution in [0.15, 0.2) is 24.5 Å². The summed E-state index contributed by atoms with van der Waals surface area (Å²) in [5.41, 5.74) is 1.96. The van der Waals surface area contributed by atoms with E-state index >= 15 is 0 Å². The maximum absolute atomic E-state index is 13.0. The fourth-order valence-electron chi connectivity index (χ4n) is 2.40. The van der Waals surface area contributed by atoms with E-state index in [1.807, 2.05) is 4.57 Å². The quantitative estimate of drug-likeness (QED) is 0.789. The van der Waals surface area contributed by atoms with Gasteiger partial charge in [0.2, 0.25) is 0 Å². The lowest BCUT2D eigenvalue weighted by Gasteiger charge is -2.12. The second-order valence-corrected chi connectivity index (χ2v) is 5.43. The van der Waals surface area contributed by atoms with Crippen molar-refractivity contribution < 1.29 is 13.9 Å². The van der Waals surface area contributed by atoms with Gasteiger partial charge in [-0.2, -0.15) is 0 Å². The van der Waals surface area contributed by atoms with Gasteiger partial charge < -0.3 is 9.30 Å². The van der Waals surface area contributed by atoms with Crippen molar-refractivity contribution in [1.82, 2.24) is 9.55 Å². The van der Waals surface area contributed by atoms with E-state index in [0.29, 0.717) is 18.7 Å². The Bertz CT molecular complexity index is 646. The third kappa shape index (κ3) is 2.28. The zero-order chi connectivity index (χ0) is 14.2. The molecule has 106 valence electrons.